The Kier molecular flexibility index (Phi) is 14.9. The van der Waals surface area contributed by atoms with E-state index < -0.39 is 5.97 Å². The zero-order chi connectivity index (χ0) is 42.7. The Labute approximate surface area is 353 Å². The maximum absolute atomic E-state index is 11.9. The first-order chi connectivity index (χ1) is 29.7. The van der Waals surface area contributed by atoms with Gasteiger partial charge in [-0.2, -0.15) is 0 Å². The second-order valence-electron chi connectivity index (χ2n) is 16.1. The minimum atomic E-state index is -0.487. The van der Waals surface area contributed by atoms with Crippen LogP contribution in [0.5, 0.6) is 0 Å². The van der Waals surface area contributed by atoms with E-state index in [0.29, 0.717) is 55.5 Å². The summed E-state index contributed by atoms with van der Waals surface area (Å²) in [5.74, 6) is 2.12. The Morgan fingerprint density at radius 1 is 0.656 bits per heavy atom. The summed E-state index contributed by atoms with van der Waals surface area (Å²) in [4.78, 5) is 63.1. The van der Waals surface area contributed by atoms with Crippen LogP contribution in [0.2, 0.25) is 0 Å². The molecule has 3 saturated heterocycles. The topological polar surface area (TPSA) is 249 Å². The van der Waals surface area contributed by atoms with E-state index in [0.717, 1.165) is 93.4 Å². The maximum Gasteiger partial charge on any atom is 0.357 e. The molecular weight excluding hydrogens is 787 g/mol. The molecule has 3 amide bonds. The van der Waals surface area contributed by atoms with Crippen LogP contribution in [0.3, 0.4) is 0 Å². The third kappa shape index (κ3) is 12.1. The zero-order valence-electron chi connectivity index (χ0n) is 34.3. The SMILES string of the molecule is COC(=O)c1nc(NC(=O)C2CC2)ccc1C1CCOC1.O=C(Nc1ccc(C2CCOC2)c(CO)n1)C1CC1.[N-]=[N+]=NCc1nc(NC(=O)C2CC2)ccc1C1CCOC1. The minimum Gasteiger partial charge on any atom is -0.464 e. The molecule has 3 aliphatic carbocycles. The van der Waals surface area contributed by atoms with Crippen LogP contribution in [0.15, 0.2) is 41.5 Å². The Morgan fingerprint density at radius 3 is 1.46 bits per heavy atom. The molecule has 18 heteroatoms. The lowest BCUT2D eigenvalue weighted by Crippen LogP contribution is -2.18. The minimum absolute atomic E-state index is 0.0224. The number of hydrogen-bond donors (Lipinski definition) is 4. The second-order valence-corrected chi connectivity index (χ2v) is 16.1. The van der Waals surface area contributed by atoms with Crippen LogP contribution in [-0.2, 0) is 46.5 Å². The van der Waals surface area contributed by atoms with Gasteiger partial charge in [-0.25, -0.2) is 19.7 Å². The standard InChI is InChI=1S/C15H18N2O4.C14H17N5O2.C14H18N2O3/c1-20-15(19)13-11(10-6-7-21-8-10)4-5-12(16-13)17-14(18)9-2-3-9;15-19-16-7-12-11(10-5-6-21-8-10)3-4-13(17-12)18-14(20)9-1-2-9;17-7-12-11(10-5-6-19-8-10)3-4-13(15-12)16-14(18)9-1-2-9/h4-5,9-10H,2-3,6-8H2,1H3,(H,16,17,18);3-4,9-10H,1-2,5-8H2,(H,17,18,20);3-4,9-10,17H,1-2,5-8H2,(H,15,16,18). The molecule has 6 fully saturated rings. The van der Waals surface area contributed by atoms with Gasteiger partial charge < -0.3 is 40.0 Å². The number of amides is 3. The second kappa shape index (κ2) is 20.8. The summed E-state index contributed by atoms with van der Waals surface area (Å²) in [7, 11) is 1.33. The Balaban J connectivity index is 0.000000138. The van der Waals surface area contributed by atoms with Crippen molar-refractivity contribution in [3.05, 3.63) is 80.6 Å². The quantitative estimate of drug-likeness (QED) is 0.0681. The summed E-state index contributed by atoms with van der Waals surface area (Å²) >= 11 is 0. The van der Waals surface area contributed by atoms with Gasteiger partial charge in [0.25, 0.3) is 0 Å². The predicted octanol–water partition coefficient (Wildman–Crippen LogP) is 5.89. The number of carbonyl (C=O) groups is 4. The largest absolute Gasteiger partial charge is 0.464 e. The van der Waals surface area contributed by atoms with Gasteiger partial charge in [0.2, 0.25) is 17.7 Å². The average molecular weight is 840 g/mol. The molecule has 0 spiro atoms. The predicted molar refractivity (Wildman–Crippen MR) is 221 cm³/mol. The van der Waals surface area contributed by atoms with Crippen molar-refractivity contribution in [1.82, 2.24) is 15.0 Å². The van der Waals surface area contributed by atoms with E-state index in [-0.39, 0.29) is 66.2 Å². The number of azide groups is 1. The van der Waals surface area contributed by atoms with E-state index in [1.54, 1.807) is 6.07 Å². The van der Waals surface area contributed by atoms with Crippen molar-refractivity contribution in [2.24, 2.45) is 22.9 Å². The molecule has 3 aromatic rings. The molecule has 3 saturated carbocycles. The van der Waals surface area contributed by atoms with Crippen molar-refractivity contribution in [3.8, 4) is 0 Å². The number of nitrogens with zero attached hydrogens (tertiary/aromatic N) is 6. The van der Waals surface area contributed by atoms with Gasteiger partial charge in [0.1, 0.15) is 17.5 Å². The highest BCUT2D eigenvalue weighted by Gasteiger charge is 2.33. The number of aromatic nitrogens is 3. The molecule has 3 aromatic heterocycles. The van der Waals surface area contributed by atoms with Crippen molar-refractivity contribution in [2.45, 2.75) is 88.7 Å². The molecule has 6 aliphatic rings. The summed E-state index contributed by atoms with van der Waals surface area (Å²) < 4.78 is 20.9. The molecule has 9 rings (SSSR count). The first-order valence-corrected chi connectivity index (χ1v) is 21.1. The van der Waals surface area contributed by atoms with Gasteiger partial charge in [-0.05, 0) is 98.2 Å². The number of esters is 1. The van der Waals surface area contributed by atoms with E-state index in [2.05, 4.69) is 40.9 Å². The molecule has 0 bridgehead atoms. The van der Waals surface area contributed by atoms with Crippen molar-refractivity contribution in [2.75, 3.05) is 62.7 Å². The fourth-order valence-electron chi connectivity index (χ4n) is 7.45. The number of ether oxygens (including phenoxy) is 4. The third-order valence-corrected chi connectivity index (χ3v) is 11.5. The number of aliphatic hydroxyl groups is 1. The van der Waals surface area contributed by atoms with E-state index in [4.69, 9.17) is 24.5 Å². The molecular formula is C43H53N9O9. The molecule has 6 heterocycles. The zero-order valence-corrected chi connectivity index (χ0v) is 34.3. The fraction of sp³-hybridized carbons (Fsp3) is 0.558. The number of nitrogens with one attached hydrogen (secondary N) is 3. The van der Waals surface area contributed by atoms with Crippen LogP contribution in [0.4, 0.5) is 17.5 Å². The van der Waals surface area contributed by atoms with E-state index in [9.17, 15) is 24.3 Å². The van der Waals surface area contributed by atoms with Gasteiger partial charge in [0.05, 0.1) is 51.5 Å². The molecule has 3 unspecified atom stereocenters. The smallest absolute Gasteiger partial charge is 0.357 e. The van der Waals surface area contributed by atoms with Crippen LogP contribution >= 0.6 is 0 Å². The third-order valence-electron chi connectivity index (χ3n) is 11.5. The highest BCUT2D eigenvalue weighted by molar-refractivity contribution is 5.95. The van der Waals surface area contributed by atoms with Gasteiger partial charge in [0, 0.05) is 60.2 Å². The molecule has 0 aromatic carbocycles. The van der Waals surface area contributed by atoms with Crippen LogP contribution < -0.4 is 16.0 Å². The molecule has 0 radical (unpaired) electrons. The van der Waals surface area contributed by atoms with Gasteiger partial charge in [-0.1, -0.05) is 23.3 Å². The van der Waals surface area contributed by atoms with E-state index in [1.807, 2.05) is 30.3 Å². The number of aliphatic hydroxyl groups excluding tert-OH is 1. The first kappa shape index (κ1) is 43.6. The summed E-state index contributed by atoms with van der Waals surface area (Å²) in [6.45, 7) is 4.20. The summed E-state index contributed by atoms with van der Waals surface area (Å²) in [5.41, 5.74) is 13.0. The summed E-state index contributed by atoms with van der Waals surface area (Å²) in [6.07, 6.45) is 8.46. The normalized spacial score (nSPS) is 21.4. The van der Waals surface area contributed by atoms with Gasteiger partial charge in [-0.15, -0.1) is 0 Å². The summed E-state index contributed by atoms with van der Waals surface area (Å²) in [5, 5.41) is 21.4. The van der Waals surface area contributed by atoms with Crippen LogP contribution in [0.25, 0.3) is 10.4 Å². The van der Waals surface area contributed by atoms with Crippen LogP contribution in [-0.4, -0.2) is 90.5 Å². The number of methoxy groups -OCH3 is 1. The number of hydrogen-bond acceptors (Lipinski definition) is 13. The average Bonchev–Trinajstić information content (AvgIpc) is 4.26. The lowest BCUT2D eigenvalue weighted by Gasteiger charge is -2.14. The number of carbonyl (C=O) groups excluding carboxylic acids is 4. The van der Waals surface area contributed by atoms with Gasteiger partial charge in [-0.3, -0.25) is 14.4 Å². The van der Waals surface area contributed by atoms with Gasteiger partial charge in [0.15, 0.2) is 5.69 Å². The number of rotatable bonds is 13. The number of pyridine rings is 3. The van der Waals surface area contributed by atoms with Gasteiger partial charge >= 0.3 is 5.97 Å². The lowest BCUT2D eigenvalue weighted by atomic mass is 9.97. The van der Waals surface area contributed by atoms with Crippen molar-refractivity contribution < 1.29 is 43.2 Å². The number of anilines is 3. The molecule has 3 atom stereocenters. The first-order valence-electron chi connectivity index (χ1n) is 21.1. The molecule has 3 aliphatic heterocycles. The Bertz CT molecular complexity index is 2100. The fourth-order valence-corrected chi connectivity index (χ4v) is 7.45. The molecule has 61 heavy (non-hydrogen) atoms. The summed E-state index contributed by atoms with van der Waals surface area (Å²) in [6, 6.07) is 11.1. The molecule has 324 valence electrons. The van der Waals surface area contributed by atoms with E-state index in [1.165, 1.54) is 7.11 Å². The Morgan fingerprint density at radius 2 is 1.07 bits per heavy atom. The molecule has 4 N–H and O–H groups in total. The monoisotopic (exact) mass is 839 g/mol. The van der Waals surface area contributed by atoms with Crippen molar-refractivity contribution in [3.63, 3.8) is 0 Å². The van der Waals surface area contributed by atoms with Crippen molar-refractivity contribution in [1.29, 1.82) is 0 Å². The highest BCUT2D eigenvalue weighted by Crippen LogP contribution is 2.34. The maximum atomic E-state index is 11.9. The molecule has 18 nitrogen and oxygen atoms in total. The lowest BCUT2D eigenvalue weighted by molar-refractivity contribution is -0.118. The van der Waals surface area contributed by atoms with E-state index >= 15 is 0 Å². The Hall–Kier alpha value is -5.52. The van der Waals surface area contributed by atoms with Crippen LogP contribution in [0.1, 0.15) is 114 Å². The highest BCUT2D eigenvalue weighted by atomic mass is 16.5. The van der Waals surface area contributed by atoms with Crippen molar-refractivity contribution >= 4 is 41.1 Å². The van der Waals surface area contributed by atoms with Crippen LogP contribution in [0, 0.1) is 17.8 Å².